The maximum atomic E-state index is 5.21. The van der Waals surface area contributed by atoms with Crippen molar-refractivity contribution < 1.29 is 0 Å². The van der Waals surface area contributed by atoms with Crippen LogP contribution in [0.2, 0.25) is 0 Å². The Balaban J connectivity index is 0.724. The molecule has 182 valence electrons. The van der Waals surface area contributed by atoms with Crippen LogP contribution in [0.1, 0.15) is 26.7 Å². The van der Waals surface area contributed by atoms with Crippen molar-refractivity contribution in [2.24, 2.45) is 172 Å². The van der Waals surface area contributed by atoms with E-state index < -0.39 is 0 Å². The van der Waals surface area contributed by atoms with Crippen LogP contribution in [0.3, 0.4) is 0 Å². The Kier molecular flexibility index (Phi) is 2.06. The van der Waals surface area contributed by atoms with Gasteiger partial charge in [0.05, 0.1) is 0 Å². The molecule has 0 aliphatic heterocycles. The fourth-order valence-corrected chi connectivity index (χ4v) is 21.2. The number of hydrogen-bond acceptors (Lipinski definition) is 1. The molecule has 0 saturated heterocycles. The zero-order valence-corrected chi connectivity index (χ0v) is 22.0. The molecule has 30 atom stereocenters. The molecule has 0 aromatic heterocycles. The number of fused-ring (bicyclic) bond motifs is 40. The summed E-state index contributed by atoms with van der Waals surface area (Å²) in [5, 5.41) is 0. The van der Waals surface area contributed by atoms with Gasteiger partial charge in [0.15, 0.2) is 0 Å². The lowest BCUT2D eigenvalue weighted by Gasteiger charge is -3.00. The van der Waals surface area contributed by atoms with Crippen molar-refractivity contribution in [3.63, 3.8) is 0 Å². The molecule has 0 aromatic carbocycles. The third-order valence-corrected chi connectivity index (χ3v) is 21.6. The molecule has 15 rings (SSSR count). The molecule has 0 bridgehead atoms. The summed E-state index contributed by atoms with van der Waals surface area (Å²) in [6.07, 6.45) is 3.29. The van der Waals surface area contributed by atoms with E-state index in [2.05, 4.69) is 13.8 Å². The van der Waals surface area contributed by atoms with Crippen molar-refractivity contribution in [2.75, 3.05) is 0 Å². The molecule has 0 radical (unpaired) electrons. The van der Waals surface area contributed by atoms with E-state index in [1.807, 2.05) is 0 Å². The Hall–Kier alpha value is 0.350. The van der Waals surface area contributed by atoms with E-state index >= 15 is 0 Å². The molecule has 0 aromatic rings. The quantitative estimate of drug-likeness (QED) is 0.341. The maximum Gasteiger partial charge on any atom is 0.0164 e. The van der Waals surface area contributed by atoms with Crippen molar-refractivity contribution in [1.82, 2.24) is 0 Å². The number of hydrogen-bond donors (Lipinski definition) is 1. The minimum Gasteiger partial charge on any atom is -0.172 e. The van der Waals surface area contributed by atoms with Gasteiger partial charge < -0.3 is 0 Å². The van der Waals surface area contributed by atoms with Gasteiger partial charge in [0.25, 0.3) is 0 Å². The lowest BCUT2D eigenvalue weighted by Crippen LogP contribution is -2.97. The van der Waals surface area contributed by atoms with Gasteiger partial charge in [-0.1, -0.05) is 13.8 Å². The zero-order valence-electron chi connectivity index (χ0n) is 21.1. The molecule has 0 spiro atoms. The van der Waals surface area contributed by atoms with Crippen LogP contribution in [0.15, 0.2) is 0 Å². The minimum atomic E-state index is 0.387. The Bertz CT molecular complexity index is 1250. The Morgan fingerprint density at radius 3 is 0.971 bits per heavy atom. The number of thiol groups is 1. The first-order valence-corrected chi connectivity index (χ1v) is 17.3. The van der Waals surface area contributed by atoms with Crippen LogP contribution in [0.4, 0.5) is 0 Å². The van der Waals surface area contributed by atoms with Gasteiger partial charge in [-0.05, 0) is 184 Å². The van der Waals surface area contributed by atoms with Crippen molar-refractivity contribution in [1.29, 1.82) is 0 Å². The highest BCUT2D eigenvalue weighted by atomic mass is 32.1. The molecular weight excluding hydrogens is 440 g/mol. The van der Waals surface area contributed by atoms with Gasteiger partial charge in [0.1, 0.15) is 0 Å². The van der Waals surface area contributed by atoms with Gasteiger partial charge in [-0.15, -0.1) is 0 Å². The van der Waals surface area contributed by atoms with Gasteiger partial charge >= 0.3 is 0 Å². The van der Waals surface area contributed by atoms with E-state index in [9.17, 15) is 0 Å². The summed E-state index contributed by atoms with van der Waals surface area (Å²) in [5.74, 6) is 36.2. The molecule has 15 aliphatic carbocycles. The molecule has 15 fully saturated rings. The van der Waals surface area contributed by atoms with Gasteiger partial charge in [-0.2, -0.15) is 12.6 Å². The van der Waals surface area contributed by atoms with E-state index in [-0.39, 0.29) is 0 Å². The van der Waals surface area contributed by atoms with Crippen molar-refractivity contribution in [2.45, 2.75) is 31.4 Å². The molecule has 15 saturated carbocycles. The van der Waals surface area contributed by atoms with E-state index in [1.54, 1.807) is 12.8 Å². The Morgan fingerprint density at radius 1 is 0.400 bits per heavy atom. The molecule has 29 unspecified atom stereocenters. The standard InChI is InChI=1S/C34H40S/c1-5-8-11-14-17-20-23-26-24-21-18-15-12-9-6-3-4-7(6)10(9)13(12)16(15)19(18)22(21)25(24)27(26)28(23)29(20)30(17)31(14)32(11)33(8)34(5,2)35/h5-33,35H,3-4H2,1-2H3/t5?,6?,7?,8?,9?,10?,11?,12?,13?,14?,15?,16?,17?,18?,19?,20?,21?,22?,23?,24?,25?,26?,27?,28?,29?,30?,31?,32?,33?,34-/m0/s1. The third kappa shape index (κ3) is 1.09. The third-order valence-electron chi connectivity index (χ3n) is 20.9. The molecule has 0 N–H and O–H groups in total. The van der Waals surface area contributed by atoms with E-state index in [0.29, 0.717) is 4.75 Å². The van der Waals surface area contributed by atoms with Crippen LogP contribution in [-0.2, 0) is 0 Å². The normalized spacial score (nSPS) is 96.6. The average Bonchev–Trinajstić information content (AvgIpc) is 2.76. The summed E-state index contributed by atoms with van der Waals surface area (Å²) in [7, 11) is 0. The van der Waals surface area contributed by atoms with E-state index in [0.717, 1.165) is 23.7 Å². The van der Waals surface area contributed by atoms with Gasteiger partial charge in [-0.3, -0.25) is 0 Å². The Labute approximate surface area is 215 Å². The van der Waals surface area contributed by atoms with Gasteiger partial charge in [-0.25, -0.2) is 0 Å². The molecule has 0 amide bonds. The molecule has 35 heavy (non-hydrogen) atoms. The maximum absolute atomic E-state index is 5.21. The summed E-state index contributed by atoms with van der Waals surface area (Å²) in [5.41, 5.74) is 0. The lowest BCUT2D eigenvalue weighted by atomic mass is 9.04. The summed E-state index contributed by atoms with van der Waals surface area (Å²) < 4.78 is 0.387. The molecule has 15 aliphatic rings. The second kappa shape index (κ2) is 4.20. The SMILES string of the molecule is CC1C2C3C4C5C6C7C8C9C%10C%11C%12C%13C%14C%15CCC%15C%14C%13C%12C%11C%10C9C8C7C6C5C4C3C2[C@@]1(C)S. The first-order chi connectivity index (χ1) is 17.1. The van der Waals surface area contributed by atoms with E-state index in [1.165, 1.54) is 148 Å². The summed E-state index contributed by atoms with van der Waals surface area (Å²) >= 11 is 5.21. The van der Waals surface area contributed by atoms with E-state index in [4.69, 9.17) is 12.6 Å². The van der Waals surface area contributed by atoms with Crippen LogP contribution in [-0.4, -0.2) is 4.75 Å². The largest absolute Gasteiger partial charge is 0.172 e. The first kappa shape index (κ1) is 17.1. The summed E-state index contributed by atoms with van der Waals surface area (Å²) in [4.78, 5) is 0. The lowest BCUT2D eigenvalue weighted by molar-refractivity contribution is -0.532. The first-order valence-electron chi connectivity index (χ1n) is 16.9. The molecule has 1 heteroatoms. The highest BCUT2D eigenvalue weighted by molar-refractivity contribution is 7.81. The highest BCUT2D eigenvalue weighted by Gasteiger charge is 2.96. The monoisotopic (exact) mass is 480 g/mol. The van der Waals surface area contributed by atoms with Crippen LogP contribution >= 0.6 is 12.6 Å². The summed E-state index contributed by atoms with van der Waals surface area (Å²) in [6.45, 7) is 5.05. The predicted octanol–water partition coefficient (Wildman–Crippen LogP) is 5.55. The van der Waals surface area contributed by atoms with Crippen LogP contribution in [0.25, 0.3) is 0 Å². The predicted molar refractivity (Wildman–Crippen MR) is 134 cm³/mol. The van der Waals surface area contributed by atoms with Crippen molar-refractivity contribution in [3.8, 4) is 0 Å². The number of rotatable bonds is 0. The fraction of sp³-hybridized carbons (Fsp3) is 1.00. The van der Waals surface area contributed by atoms with Gasteiger partial charge in [0, 0.05) is 4.75 Å². The van der Waals surface area contributed by atoms with Crippen LogP contribution in [0.5, 0.6) is 0 Å². The summed E-state index contributed by atoms with van der Waals surface area (Å²) in [6, 6.07) is 0. The highest BCUT2D eigenvalue weighted by Crippen LogP contribution is 3.00. The minimum absolute atomic E-state index is 0.387. The molecule has 0 heterocycles. The second-order valence-electron chi connectivity index (χ2n) is 18.9. The smallest absolute Gasteiger partial charge is 0.0164 e. The molecular formula is C34H40S. The second-order valence-corrected chi connectivity index (χ2v) is 19.8. The van der Waals surface area contributed by atoms with Crippen molar-refractivity contribution in [3.05, 3.63) is 0 Å². The topological polar surface area (TPSA) is 0 Å². The Morgan fingerprint density at radius 2 is 0.657 bits per heavy atom. The molecule has 0 nitrogen and oxygen atoms in total. The van der Waals surface area contributed by atoms with Gasteiger partial charge in [0.2, 0.25) is 0 Å². The van der Waals surface area contributed by atoms with Crippen LogP contribution < -0.4 is 0 Å². The average molecular weight is 481 g/mol. The zero-order chi connectivity index (χ0) is 21.7. The fourth-order valence-electron chi connectivity index (χ4n) is 20.7. The van der Waals surface area contributed by atoms with Crippen LogP contribution in [0, 0.1) is 172 Å². The van der Waals surface area contributed by atoms with Crippen molar-refractivity contribution >= 4 is 12.6 Å².